The number of ether oxygens (including phenoxy) is 1. The zero-order valence-corrected chi connectivity index (χ0v) is 15.6. The van der Waals surface area contributed by atoms with Gasteiger partial charge in [-0.15, -0.1) is 0 Å². The van der Waals surface area contributed by atoms with Crippen molar-refractivity contribution in [1.82, 2.24) is 15.1 Å². The summed E-state index contributed by atoms with van der Waals surface area (Å²) in [7, 11) is 1.55. The summed E-state index contributed by atoms with van der Waals surface area (Å²) in [6, 6.07) is 10.9. The van der Waals surface area contributed by atoms with Crippen LogP contribution in [0.5, 0.6) is 5.75 Å². The number of amides is 1. The molecule has 2 heterocycles. The number of nitrogens with zero attached hydrogens (tertiary/aromatic N) is 2. The highest BCUT2D eigenvalue weighted by Crippen LogP contribution is 2.44. The van der Waals surface area contributed by atoms with Crippen LogP contribution in [0.2, 0.25) is 0 Å². The van der Waals surface area contributed by atoms with Gasteiger partial charge < -0.3 is 14.7 Å². The van der Waals surface area contributed by atoms with Gasteiger partial charge in [-0.2, -0.15) is 5.10 Å². The van der Waals surface area contributed by atoms with Crippen molar-refractivity contribution >= 4 is 5.91 Å². The second-order valence-corrected chi connectivity index (χ2v) is 6.80. The molecular weight excluding hydrogens is 361 g/mol. The van der Waals surface area contributed by atoms with Crippen molar-refractivity contribution in [2.45, 2.75) is 13.0 Å². The minimum atomic E-state index is -0.660. The van der Waals surface area contributed by atoms with E-state index in [0.717, 1.165) is 5.56 Å². The summed E-state index contributed by atoms with van der Waals surface area (Å²) in [5.41, 5.74) is 3.12. The molecule has 0 unspecified atom stereocenters. The maximum Gasteiger partial charge on any atom is 0.273 e. The highest BCUT2D eigenvalue weighted by molar-refractivity contribution is 6.00. The molecule has 0 aliphatic carbocycles. The summed E-state index contributed by atoms with van der Waals surface area (Å²) in [5, 5.41) is 17.5. The molecular formula is C21H20FN3O3. The number of aromatic amines is 1. The Kier molecular flexibility index (Phi) is 4.60. The van der Waals surface area contributed by atoms with Crippen molar-refractivity contribution in [2.24, 2.45) is 0 Å². The van der Waals surface area contributed by atoms with Gasteiger partial charge in [-0.3, -0.25) is 9.89 Å². The van der Waals surface area contributed by atoms with E-state index in [9.17, 15) is 14.3 Å². The number of aromatic hydroxyl groups is 1. The summed E-state index contributed by atoms with van der Waals surface area (Å²) in [6.07, 6.45) is 0. The smallest absolute Gasteiger partial charge is 0.273 e. The molecule has 0 spiro atoms. The molecule has 2 aromatic carbocycles. The first-order valence-electron chi connectivity index (χ1n) is 8.95. The number of fused-ring (bicyclic) bond motifs is 1. The molecule has 6 nitrogen and oxygen atoms in total. The van der Waals surface area contributed by atoms with Gasteiger partial charge >= 0.3 is 0 Å². The minimum absolute atomic E-state index is 0.0509. The van der Waals surface area contributed by atoms with E-state index in [-0.39, 0.29) is 11.7 Å². The van der Waals surface area contributed by atoms with Crippen LogP contribution in [0.4, 0.5) is 4.39 Å². The SMILES string of the molecule is COCCN1C(=O)c2[nH]nc(-c3cc(C)ccc3O)c2[C@H]1c1ccccc1F. The lowest BCUT2D eigenvalue weighted by Gasteiger charge is -2.26. The Balaban J connectivity index is 1.92. The molecule has 1 aliphatic rings. The maximum absolute atomic E-state index is 14.7. The van der Waals surface area contributed by atoms with Crippen LogP contribution in [0, 0.1) is 12.7 Å². The van der Waals surface area contributed by atoms with Crippen LogP contribution in [-0.4, -0.2) is 46.4 Å². The van der Waals surface area contributed by atoms with Gasteiger partial charge in [0.2, 0.25) is 0 Å². The lowest BCUT2D eigenvalue weighted by atomic mass is 9.95. The predicted octanol–water partition coefficient (Wildman–Crippen LogP) is 3.42. The molecule has 7 heteroatoms. The standard InChI is InChI=1S/C21H20FN3O3/c1-12-7-8-16(26)14(11-12)18-17-19(24-23-18)21(27)25(9-10-28-2)20(17)13-5-3-4-6-15(13)22/h3-8,11,20,26H,9-10H2,1-2H3,(H,23,24)/t20-/m1/s1. The van der Waals surface area contributed by atoms with Crippen molar-refractivity contribution in [2.75, 3.05) is 20.3 Å². The van der Waals surface area contributed by atoms with E-state index in [1.165, 1.54) is 6.07 Å². The third kappa shape index (κ3) is 2.84. The van der Waals surface area contributed by atoms with Crippen LogP contribution in [0.3, 0.4) is 0 Å². The third-order valence-corrected chi connectivity index (χ3v) is 5.01. The van der Waals surface area contributed by atoms with Crippen LogP contribution in [-0.2, 0) is 4.74 Å². The lowest BCUT2D eigenvalue weighted by molar-refractivity contribution is 0.0675. The largest absolute Gasteiger partial charge is 0.507 e. The molecule has 0 radical (unpaired) electrons. The summed E-state index contributed by atoms with van der Waals surface area (Å²) < 4.78 is 19.8. The fourth-order valence-electron chi connectivity index (χ4n) is 3.68. The van der Waals surface area contributed by atoms with Gasteiger partial charge in [0.05, 0.1) is 12.6 Å². The van der Waals surface area contributed by atoms with E-state index >= 15 is 0 Å². The number of carbonyl (C=O) groups excluding carboxylic acids is 1. The van der Waals surface area contributed by atoms with Crippen LogP contribution in [0.25, 0.3) is 11.3 Å². The Morgan fingerprint density at radius 3 is 2.82 bits per heavy atom. The Morgan fingerprint density at radius 1 is 1.29 bits per heavy atom. The number of H-pyrrole nitrogens is 1. The number of aryl methyl sites for hydroxylation is 1. The topological polar surface area (TPSA) is 78.5 Å². The van der Waals surface area contributed by atoms with Crippen LogP contribution in [0.1, 0.15) is 33.2 Å². The molecule has 1 amide bonds. The Hall–Kier alpha value is -3.19. The van der Waals surface area contributed by atoms with E-state index in [1.807, 2.05) is 6.92 Å². The molecule has 0 bridgehead atoms. The fourth-order valence-corrected chi connectivity index (χ4v) is 3.68. The molecule has 0 saturated carbocycles. The molecule has 0 saturated heterocycles. The second-order valence-electron chi connectivity index (χ2n) is 6.80. The van der Waals surface area contributed by atoms with Gasteiger partial charge in [-0.1, -0.05) is 29.8 Å². The number of methoxy groups -OCH3 is 1. The van der Waals surface area contributed by atoms with Gasteiger partial charge in [0.25, 0.3) is 5.91 Å². The number of aromatic nitrogens is 2. The van der Waals surface area contributed by atoms with E-state index in [4.69, 9.17) is 4.74 Å². The van der Waals surface area contributed by atoms with Crippen molar-refractivity contribution in [3.63, 3.8) is 0 Å². The predicted molar refractivity (Wildman–Crippen MR) is 102 cm³/mol. The van der Waals surface area contributed by atoms with Gasteiger partial charge in [0.15, 0.2) is 0 Å². The number of hydrogen-bond acceptors (Lipinski definition) is 4. The van der Waals surface area contributed by atoms with Gasteiger partial charge in [0.1, 0.15) is 23.0 Å². The van der Waals surface area contributed by atoms with E-state index in [1.54, 1.807) is 48.4 Å². The minimum Gasteiger partial charge on any atom is -0.507 e. The van der Waals surface area contributed by atoms with Gasteiger partial charge in [-0.25, -0.2) is 4.39 Å². The average molecular weight is 381 g/mol. The molecule has 3 aromatic rings. The first kappa shape index (κ1) is 18.2. The van der Waals surface area contributed by atoms with Crippen molar-refractivity contribution < 1.29 is 19.0 Å². The molecule has 144 valence electrons. The summed E-state index contributed by atoms with van der Waals surface area (Å²) in [6.45, 7) is 2.52. The van der Waals surface area contributed by atoms with Crippen molar-refractivity contribution in [3.8, 4) is 17.0 Å². The monoisotopic (exact) mass is 381 g/mol. The van der Waals surface area contributed by atoms with E-state index < -0.39 is 11.9 Å². The first-order valence-corrected chi connectivity index (χ1v) is 8.95. The molecule has 4 rings (SSSR count). The number of phenolic OH excluding ortho intramolecular Hbond substituents is 1. The molecule has 1 aromatic heterocycles. The molecule has 1 atom stereocenters. The third-order valence-electron chi connectivity index (χ3n) is 5.01. The summed E-state index contributed by atoms with van der Waals surface area (Å²) in [5.74, 6) is -0.627. The van der Waals surface area contributed by atoms with Gasteiger partial charge in [-0.05, 0) is 25.1 Å². The zero-order chi connectivity index (χ0) is 19.8. The number of halogens is 1. The van der Waals surface area contributed by atoms with Crippen LogP contribution in [0.15, 0.2) is 42.5 Å². The lowest BCUT2D eigenvalue weighted by Crippen LogP contribution is -2.33. The maximum atomic E-state index is 14.7. The zero-order valence-electron chi connectivity index (χ0n) is 15.6. The number of carbonyl (C=O) groups is 1. The first-order chi connectivity index (χ1) is 13.5. The van der Waals surface area contributed by atoms with Crippen molar-refractivity contribution in [1.29, 1.82) is 0 Å². The summed E-state index contributed by atoms with van der Waals surface area (Å²) in [4.78, 5) is 14.6. The van der Waals surface area contributed by atoms with Crippen LogP contribution >= 0.6 is 0 Å². The molecule has 2 N–H and O–H groups in total. The highest BCUT2D eigenvalue weighted by atomic mass is 19.1. The number of phenols is 1. The quantitative estimate of drug-likeness (QED) is 0.710. The van der Waals surface area contributed by atoms with Crippen LogP contribution < -0.4 is 0 Å². The highest BCUT2D eigenvalue weighted by Gasteiger charge is 2.43. The Bertz CT molecular complexity index is 1050. The fraction of sp³-hybridized carbons (Fsp3) is 0.238. The molecule has 28 heavy (non-hydrogen) atoms. The second kappa shape index (κ2) is 7.09. The van der Waals surface area contributed by atoms with Gasteiger partial charge in [0, 0.05) is 30.3 Å². The van der Waals surface area contributed by atoms with E-state index in [2.05, 4.69) is 10.2 Å². The molecule has 1 aliphatic heterocycles. The number of rotatable bonds is 5. The normalized spacial score (nSPS) is 15.9. The molecule has 0 fully saturated rings. The number of hydrogen-bond donors (Lipinski definition) is 2. The number of benzene rings is 2. The summed E-state index contributed by atoms with van der Waals surface area (Å²) >= 11 is 0. The average Bonchev–Trinajstić information content (AvgIpc) is 3.22. The Morgan fingerprint density at radius 2 is 2.07 bits per heavy atom. The number of nitrogens with one attached hydrogen (secondary N) is 1. The van der Waals surface area contributed by atoms with Crippen molar-refractivity contribution in [3.05, 3.63) is 70.7 Å². The Labute approximate surface area is 161 Å². The van der Waals surface area contributed by atoms with E-state index in [0.29, 0.717) is 41.2 Å².